The first-order valence-corrected chi connectivity index (χ1v) is 9.30. The lowest BCUT2D eigenvalue weighted by Gasteiger charge is -2.22. The van der Waals surface area contributed by atoms with Crippen molar-refractivity contribution < 1.29 is 19.2 Å². The van der Waals surface area contributed by atoms with E-state index in [0.717, 1.165) is 33.8 Å². The Labute approximate surface area is 163 Å². The largest absolute Gasteiger partial charge is 0.335 e. The van der Waals surface area contributed by atoms with E-state index in [1.165, 1.54) is 0 Å². The van der Waals surface area contributed by atoms with Crippen LogP contribution < -0.4 is 0 Å². The standard InChI is InChI=1S/C22H22N2O4/c1-3-7-16-10-12-18(13-11-16)19(25)14-23-20(26)21(27)24(22(23)28)15(2)17-8-5-4-6-9-17/h4-6,8-13,15H,3,7,14H2,1-2H3. The number of urea groups is 1. The second-order valence-electron chi connectivity index (χ2n) is 6.81. The number of ketones is 1. The van der Waals surface area contributed by atoms with Gasteiger partial charge in [-0.25, -0.2) is 14.6 Å². The molecule has 1 saturated heterocycles. The Balaban J connectivity index is 1.75. The molecule has 1 atom stereocenters. The van der Waals surface area contributed by atoms with E-state index in [0.29, 0.717) is 5.56 Å². The first-order chi connectivity index (χ1) is 13.4. The van der Waals surface area contributed by atoms with Gasteiger partial charge in [0.15, 0.2) is 5.78 Å². The van der Waals surface area contributed by atoms with Crippen LogP contribution in [0.15, 0.2) is 54.6 Å². The van der Waals surface area contributed by atoms with Crippen molar-refractivity contribution in [1.82, 2.24) is 9.80 Å². The molecule has 0 N–H and O–H groups in total. The number of nitrogens with zero attached hydrogens (tertiary/aromatic N) is 2. The third-order valence-electron chi connectivity index (χ3n) is 4.87. The fraction of sp³-hybridized carbons (Fsp3) is 0.273. The number of hydrogen-bond donors (Lipinski definition) is 0. The summed E-state index contributed by atoms with van der Waals surface area (Å²) in [4.78, 5) is 51.6. The van der Waals surface area contributed by atoms with Gasteiger partial charge in [-0.2, -0.15) is 0 Å². The van der Waals surface area contributed by atoms with Crippen molar-refractivity contribution in [3.8, 4) is 0 Å². The molecule has 0 bridgehead atoms. The zero-order valence-corrected chi connectivity index (χ0v) is 15.9. The first-order valence-electron chi connectivity index (χ1n) is 9.30. The molecule has 2 aromatic carbocycles. The molecule has 144 valence electrons. The molecule has 0 aromatic heterocycles. The molecule has 1 fully saturated rings. The smallest absolute Gasteiger partial charge is 0.292 e. The van der Waals surface area contributed by atoms with Gasteiger partial charge in [-0.3, -0.25) is 14.4 Å². The van der Waals surface area contributed by atoms with Crippen LogP contribution in [0.4, 0.5) is 4.79 Å². The molecule has 1 unspecified atom stereocenters. The topological polar surface area (TPSA) is 74.8 Å². The van der Waals surface area contributed by atoms with Crippen molar-refractivity contribution in [3.63, 3.8) is 0 Å². The quantitative estimate of drug-likeness (QED) is 0.421. The highest BCUT2D eigenvalue weighted by atomic mass is 16.2. The summed E-state index contributed by atoms with van der Waals surface area (Å²) in [5.41, 5.74) is 2.25. The first kappa shape index (κ1) is 19.5. The maximum absolute atomic E-state index is 12.7. The second-order valence-corrected chi connectivity index (χ2v) is 6.81. The van der Waals surface area contributed by atoms with Crippen LogP contribution in [0.2, 0.25) is 0 Å². The monoisotopic (exact) mass is 378 g/mol. The fourth-order valence-electron chi connectivity index (χ4n) is 3.26. The van der Waals surface area contributed by atoms with E-state index in [-0.39, 0.29) is 5.78 Å². The van der Waals surface area contributed by atoms with Gasteiger partial charge in [0, 0.05) is 5.56 Å². The number of imide groups is 2. The Morgan fingerprint density at radius 1 is 0.929 bits per heavy atom. The molecule has 0 saturated carbocycles. The highest BCUT2D eigenvalue weighted by molar-refractivity contribution is 6.45. The molecule has 0 aliphatic carbocycles. The van der Waals surface area contributed by atoms with Crippen molar-refractivity contribution in [3.05, 3.63) is 71.3 Å². The van der Waals surface area contributed by atoms with E-state index in [1.54, 1.807) is 43.3 Å². The number of benzene rings is 2. The lowest BCUT2D eigenvalue weighted by molar-refractivity contribution is -0.143. The minimum Gasteiger partial charge on any atom is -0.292 e. The fourth-order valence-corrected chi connectivity index (χ4v) is 3.26. The van der Waals surface area contributed by atoms with Crippen molar-refractivity contribution in [2.24, 2.45) is 0 Å². The number of Topliss-reactive ketones (excluding diaryl/α,β-unsaturated/α-hetero) is 1. The number of amides is 4. The molecule has 1 aliphatic rings. The highest BCUT2D eigenvalue weighted by Crippen LogP contribution is 2.26. The molecule has 1 aliphatic heterocycles. The summed E-state index contributed by atoms with van der Waals surface area (Å²) in [6.45, 7) is 3.30. The van der Waals surface area contributed by atoms with Crippen LogP contribution in [0.25, 0.3) is 0 Å². The maximum Gasteiger partial charge on any atom is 0.335 e. The summed E-state index contributed by atoms with van der Waals surface area (Å²) in [6.07, 6.45) is 1.92. The minimum atomic E-state index is -0.969. The van der Waals surface area contributed by atoms with E-state index < -0.39 is 30.4 Å². The Morgan fingerprint density at radius 2 is 1.57 bits per heavy atom. The molecule has 2 aromatic rings. The number of aryl methyl sites for hydroxylation is 1. The average molecular weight is 378 g/mol. The Kier molecular flexibility index (Phi) is 5.68. The lowest BCUT2D eigenvalue weighted by Crippen LogP contribution is -2.37. The van der Waals surface area contributed by atoms with Gasteiger partial charge in [-0.1, -0.05) is 67.9 Å². The predicted octanol–water partition coefficient (Wildman–Crippen LogP) is 3.37. The Morgan fingerprint density at radius 3 is 2.18 bits per heavy atom. The molecular weight excluding hydrogens is 356 g/mol. The van der Waals surface area contributed by atoms with Crippen molar-refractivity contribution in [2.45, 2.75) is 32.7 Å². The molecule has 3 rings (SSSR count). The molecular formula is C22H22N2O4. The lowest BCUT2D eigenvalue weighted by atomic mass is 10.1. The molecule has 0 radical (unpaired) electrons. The van der Waals surface area contributed by atoms with Gasteiger partial charge in [0.2, 0.25) is 0 Å². The zero-order valence-electron chi connectivity index (χ0n) is 15.9. The van der Waals surface area contributed by atoms with Gasteiger partial charge in [0.25, 0.3) is 0 Å². The van der Waals surface area contributed by atoms with Gasteiger partial charge in [0.05, 0.1) is 12.6 Å². The van der Waals surface area contributed by atoms with Gasteiger partial charge in [-0.15, -0.1) is 0 Å². The van der Waals surface area contributed by atoms with Crippen LogP contribution in [0.1, 0.15) is 47.8 Å². The summed E-state index contributed by atoms with van der Waals surface area (Å²) in [7, 11) is 0. The van der Waals surface area contributed by atoms with Crippen LogP contribution in [-0.4, -0.2) is 40.0 Å². The summed E-state index contributed by atoms with van der Waals surface area (Å²) >= 11 is 0. The number of hydrogen-bond acceptors (Lipinski definition) is 4. The van der Waals surface area contributed by atoms with Gasteiger partial charge in [-0.05, 0) is 24.5 Å². The molecule has 1 heterocycles. The van der Waals surface area contributed by atoms with Crippen molar-refractivity contribution in [2.75, 3.05) is 6.54 Å². The van der Waals surface area contributed by atoms with Crippen molar-refractivity contribution >= 4 is 23.6 Å². The third-order valence-corrected chi connectivity index (χ3v) is 4.87. The molecule has 6 heteroatoms. The van der Waals surface area contributed by atoms with E-state index >= 15 is 0 Å². The van der Waals surface area contributed by atoms with E-state index in [4.69, 9.17) is 0 Å². The zero-order chi connectivity index (χ0) is 20.3. The molecule has 28 heavy (non-hydrogen) atoms. The van der Waals surface area contributed by atoms with Crippen LogP contribution in [0.3, 0.4) is 0 Å². The Bertz CT molecular complexity index is 906. The van der Waals surface area contributed by atoms with Gasteiger partial charge < -0.3 is 0 Å². The van der Waals surface area contributed by atoms with Crippen LogP contribution in [-0.2, 0) is 16.0 Å². The minimum absolute atomic E-state index is 0.383. The van der Waals surface area contributed by atoms with Crippen molar-refractivity contribution in [1.29, 1.82) is 0 Å². The molecule has 0 spiro atoms. The maximum atomic E-state index is 12.7. The number of carbonyl (C=O) groups excluding carboxylic acids is 4. The summed E-state index contributed by atoms with van der Waals surface area (Å²) in [6, 6.07) is 14.7. The molecule has 4 amide bonds. The number of rotatable bonds is 7. The summed E-state index contributed by atoms with van der Waals surface area (Å²) in [5, 5.41) is 0. The van der Waals surface area contributed by atoms with E-state index in [2.05, 4.69) is 6.92 Å². The van der Waals surface area contributed by atoms with Crippen LogP contribution in [0.5, 0.6) is 0 Å². The van der Waals surface area contributed by atoms with E-state index in [1.807, 2.05) is 18.2 Å². The molecule has 6 nitrogen and oxygen atoms in total. The third kappa shape index (κ3) is 3.71. The normalized spacial score (nSPS) is 15.3. The SMILES string of the molecule is CCCc1ccc(C(=O)CN2C(=O)C(=O)N(C(C)c3ccccc3)C2=O)cc1. The Hall–Kier alpha value is -3.28. The van der Waals surface area contributed by atoms with E-state index in [9.17, 15) is 19.2 Å². The number of carbonyl (C=O) groups is 4. The van der Waals surface area contributed by atoms with Crippen LogP contribution >= 0.6 is 0 Å². The van der Waals surface area contributed by atoms with Crippen LogP contribution in [0, 0.1) is 0 Å². The van der Waals surface area contributed by atoms with Gasteiger partial charge >= 0.3 is 17.8 Å². The van der Waals surface area contributed by atoms with Gasteiger partial charge in [0.1, 0.15) is 0 Å². The predicted molar refractivity (Wildman–Crippen MR) is 104 cm³/mol. The average Bonchev–Trinajstić information content (AvgIpc) is 2.92. The second kappa shape index (κ2) is 8.17. The summed E-state index contributed by atoms with van der Waals surface area (Å²) in [5.74, 6) is -2.26. The highest BCUT2D eigenvalue weighted by Gasteiger charge is 2.47. The summed E-state index contributed by atoms with van der Waals surface area (Å²) < 4.78 is 0.